The number of hydrogen-bond donors (Lipinski definition) is 0. The summed E-state index contributed by atoms with van der Waals surface area (Å²) >= 11 is 0. The van der Waals surface area contributed by atoms with Gasteiger partial charge in [-0.2, -0.15) is 4.39 Å². The van der Waals surface area contributed by atoms with Gasteiger partial charge in [-0.3, -0.25) is 10.1 Å². The average Bonchev–Trinajstić information content (AvgIpc) is 2.45. The zero-order chi connectivity index (χ0) is 14.5. The van der Waals surface area contributed by atoms with E-state index in [1.165, 1.54) is 6.07 Å². The molecule has 2 rings (SSSR count). The van der Waals surface area contributed by atoms with Crippen molar-refractivity contribution >= 4 is 5.69 Å². The molecular formula is C14H12FNO4. The maximum atomic E-state index is 13.4. The fourth-order valence-corrected chi connectivity index (χ4v) is 1.61. The number of nitro groups is 1. The molecule has 6 heteroatoms. The summed E-state index contributed by atoms with van der Waals surface area (Å²) in [6.45, 7) is 0.237. The fourth-order valence-electron chi connectivity index (χ4n) is 1.61. The van der Waals surface area contributed by atoms with Crippen molar-refractivity contribution in [1.82, 2.24) is 0 Å². The molecule has 0 aliphatic heterocycles. The molecule has 20 heavy (non-hydrogen) atoms. The Kier molecular flexibility index (Phi) is 4.14. The normalized spacial score (nSPS) is 10.1. The summed E-state index contributed by atoms with van der Waals surface area (Å²) in [6.07, 6.45) is 0. The molecule has 0 aromatic heterocycles. The molecule has 2 aromatic rings. The first kappa shape index (κ1) is 13.8. The van der Waals surface area contributed by atoms with Gasteiger partial charge in [0.2, 0.25) is 5.82 Å². The van der Waals surface area contributed by atoms with Crippen LogP contribution in [0.3, 0.4) is 0 Å². The van der Waals surface area contributed by atoms with Gasteiger partial charge in [0.05, 0.1) is 12.0 Å². The van der Waals surface area contributed by atoms with Crippen LogP contribution in [-0.2, 0) is 6.61 Å². The Morgan fingerprint density at radius 2 is 1.80 bits per heavy atom. The molecule has 0 atom stereocenters. The minimum atomic E-state index is -0.915. The number of ether oxygens (including phenoxy) is 2. The number of rotatable bonds is 5. The predicted molar refractivity (Wildman–Crippen MR) is 70.4 cm³/mol. The van der Waals surface area contributed by atoms with Crippen molar-refractivity contribution in [3.8, 4) is 11.5 Å². The van der Waals surface area contributed by atoms with E-state index in [2.05, 4.69) is 0 Å². The molecule has 2 aromatic carbocycles. The average molecular weight is 277 g/mol. The van der Waals surface area contributed by atoms with Crippen LogP contribution >= 0.6 is 0 Å². The highest BCUT2D eigenvalue weighted by atomic mass is 19.1. The third kappa shape index (κ3) is 3.23. The quantitative estimate of drug-likeness (QED) is 0.621. The standard InChI is InChI=1S/C14H12FNO4/c1-19-11-4-2-10(3-5-11)9-20-12-6-7-14(16(17)18)13(15)8-12/h2-8H,9H2,1H3. The monoisotopic (exact) mass is 277 g/mol. The van der Waals surface area contributed by atoms with Crippen LogP contribution in [0.25, 0.3) is 0 Å². The smallest absolute Gasteiger partial charge is 0.305 e. The molecule has 0 bridgehead atoms. The van der Waals surface area contributed by atoms with Crippen LogP contribution in [0.4, 0.5) is 10.1 Å². The lowest BCUT2D eigenvalue weighted by atomic mass is 10.2. The number of methoxy groups -OCH3 is 1. The molecule has 0 spiro atoms. The van der Waals surface area contributed by atoms with Gasteiger partial charge < -0.3 is 9.47 Å². The van der Waals surface area contributed by atoms with E-state index >= 15 is 0 Å². The van der Waals surface area contributed by atoms with Crippen molar-refractivity contribution in [2.24, 2.45) is 0 Å². The van der Waals surface area contributed by atoms with Gasteiger partial charge >= 0.3 is 5.69 Å². The van der Waals surface area contributed by atoms with Crippen LogP contribution < -0.4 is 9.47 Å². The lowest BCUT2D eigenvalue weighted by Crippen LogP contribution is -1.97. The zero-order valence-corrected chi connectivity index (χ0v) is 10.7. The Labute approximate surface area is 114 Å². The van der Waals surface area contributed by atoms with Crippen LogP contribution in [-0.4, -0.2) is 12.0 Å². The summed E-state index contributed by atoms with van der Waals surface area (Å²) in [4.78, 5) is 9.71. The van der Waals surface area contributed by atoms with E-state index < -0.39 is 16.4 Å². The van der Waals surface area contributed by atoms with Crippen LogP contribution in [0.15, 0.2) is 42.5 Å². The topological polar surface area (TPSA) is 61.6 Å². The second-order valence-corrected chi connectivity index (χ2v) is 4.01. The van der Waals surface area contributed by atoms with Gasteiger partial charge in [-0.15, -0.1) is 0 Å². The van der Waals surface area contributed by atoms with Crippen molar-refractivity contribution < 1.29 is 18.8 Å². The van der Waals surface area contributed by atoms with Crippen molar-refractivity contribution in [1.29, 1.82) is 0 Å². The van der Waals surface area contributed by atoms with E-state index in [0.717, 1.165) is 23.4 Å². The molecule has 0 N–H and O–H groups in total. The SMILES string of the molecule is COc1ccc(COc2ccc([N+](=O)[O-])c(F)c2)cc1. The van der Waals surface area contributed by atoms with E-state index in [4.69, 9.17) is 9.47 Å². The predicted octanol–water partition coefficient (Wildman–Crippen LogP) is 3.32. The van der Waals surface area contributed by atoms with Crippen LogP contribution in [0.1, 0.15) is 5.56 Å². The molecule has 0 heterocycles. The molecule has 0 radical (unpaired) electrons. The largest absolute Gasteiger partial charge is 0.497 e. The Balaban J connectivity index is 2.03. The molecular weight excluding hydrogens is 265 g/mol. The zero-order valence-electron chi connectivity index (χ0n) is 10.7. The number of halogens is 1. The van der Waals surface area contributed by atoms with E-state index in [-0.39, 0.29) is 12.4 Å². The first-order valence-electron chi connectivity index (χ1n) is 5.80. The first-order chi connectivity index (χ1) is 9.60. The van der Waals surface area contributed by atoms with Crippen molar-refractivity contribution in [2.45, 2.75) is 6.61 Å². The van der Waals surface area contributed by atoms with Gasteiger partial charge in [0.1, 0.15) is 18.1 Å². The van der Waals surface area contributed by atoms with Gasteiger partial charge in [-0.05, 0) is 23.8 Å². The van der Waals surface area contributed by atoms with Crippen LogP contribution in [0.2, 0.25) is 0 Å². The third-order valence-corrected chi connectivity index (χ3v) is 2.68. The highest BCUT2D eigenvalue weighted by Crippen LogP contribution is 2.23. The van der Waals surface area contributed by atoms with Gasteiger partial charge in [-0.1, -0.05) is 12.1 Å². The fraction of sp³-hybridized carbons (Fsp3) is 0.143. The molecule has 0 aliphatic carbocycles. The number of benzene rings is 2. The van der Waals surface area contributed by atoms with E-state index in [1.54, 1.807) is 19.2 Å². The number of hydrogen-bond acceptors (Lipinski definition) is 4. The maximum Gasteiger partial charge on any atom is 0.305 e. The van der Waals surface area contributed by atoms with Crippen molar-refractivity contribution in [3.63, 3.8) is 0 Å². The highest BCUT2D eigenvalue weighted by Gasteiger charge is 2.14. The van der Waals surface area contributed by atoms with E-state index in [0.29, 0.717) is 0 Å². The minimum Gasteiger partial charge on any atom is -0.497 e. The highest BCUT2D eigenvalue weighted by molar-refractivity contribution is 5.38. The summed E-state index contributed by atoms with van der Waals surface area (Å²) in [7, 11) is 1.57. The second-order valence-electron chi connectivity index (χ2n) is 4.01. The van der Waals surface area contributed by atoms with Crippen LogP contribution in [0, 0.1) is 15.9 Å². The van der Waals surface area contributed by atoms with Gasteiger partial charge in [0.15, 0.2) is 0 Å². The number of nitrogens with zero attached hydrogens (tertiary/aromatic N) is 1. The summed E-state index contributed by atoms with van der Waals surface area (Å²) in [5, 5.41) is 10.5. The maximum absolute atomic E-state index is 13.4. The summed E-state index contributed by atoms with van der Waals surface area (Å²) < 4.78 is 23.8. The minimum absolute atomic E-state index is 0.237. The Bertz CT molecular complexity index is 613. The van der Waals surface area contributed by atoms with E-state index in [9.17, 15) is 14.5 Å². The van der Waals surface area contributed by atoms with Crippen molar-refractivity contribution in [2.75, 3.05) is 7.11 Å². The van der Waals surface area contributed by atoms with Gasteiger partial charge in [0.25, 0.3) is 0 Å². The summed E-state index contributed by atoms with van der Waals surface area (Å²) in [5.74, 6) is 0.0567. The molecule has 0 saturated heterocycles. The van der Waals surface area contributed by atoms with Gasteiger partial charge in [-0.25, -0.2) is 0 Å². The molecule has 0 saturated carbocycles. The third-order valence-electron chi connectivity index (χ3n) is 2.68. The van der Waals surface area contributed by atoms with E-state index in [1.807, 2.05) is 12.1 Å². The lowest BCUT2D eigenvalue weighted by Gasteiger charge is -2.07. The van der Waals surface area contributed by atoms with Crippen LogP contribution in [0.5, 0.6) is 11.5 Å². The van der Waals surface area contributed by atoms with Crippen molar-refractivity contribution in [3.05, 3.63) is 64.0 Å². The Morgan fingerprint density at radius 1 is 1.15 bits per heavy atom. The molecule has 104 valence electrons. The van der Waals surface area contributed by atoms with Gasteiger partial charge in [0, 0.05) is 12.1 Å². The molecule has 0 aliphatic rings. The summed E-state index contributed by atoms with van der Waals surface area (Å²) in [5.41, 5.74) is 0.311. The number of nitro benzene ring substituents is 1. The molecule has 5 nitrogen and oxygen atoms in total. The Morgan fingerprint density at radius 3 is 2.35 bits per heavy atom. The lowest BCUT2D eigenvalue weighted by molar-refractivity contribution is -0.387. The Hall–Kier alpha value is -2.63. The summed E-state index contributed by atoms with van der Waals surface area (Å²) in [6, 6.07) is 10.7. The second kappa shape index (κ2) is 6.01. The molecule has 0 amide bonds. The first-order valence-corrected chi connectivity index (χ1v) is 5.80. The molecule has 0 unspecified atom stereocenters. The molecule has 0 fully saturated rings.